The zero-order chi connectivity index (χ0) is 12.6. The van der Waals surface area contributed by atoms with Crippen LogP contribution >= 0.6 is 0 Å². The average Bonchev–Trinajstić information content (AvgIpc) is 2.70. The first-order valence-corrected chi connectivity index (χ1v) is 4.60. The minimum Gasteiger partial charge on any atom is -0.319 e. The van der Waals surface area contributed by atoms with Gasteiger partial charge in [0.2, 0.25) is 0 Å². The largest absolute Gasteiger partial charge is 0.427 e. The van der Waals surface area contributed by atoms with Gasteiger partial charge >= 0.3 is 18.1 Å². The molecule has 0 bridgehead atoms. The van der Waals surface area contributed by atoms with Crippen LogP contribution in [0.2, 0.25) is 0 Å². The summed E-state index contributed by atoms with van der Waals surface area (Å²) >= 11 is 0. The van der Waals surface area contributed by atoms with Crippen LogP contribution < -0.4 is 0 Å². The fraction of sp³-hybridized carbons (Fsp3) is 1.00. The molecule has 2 nitrogen and oxygen atoms in total. The second-order valence-corrected chi connectivity index (χ2v) is 3.53. The van der Waals surface area contributed by atoms with E-state index in [4.69, 9.17) is 0 Å². The maximum Gasteiger partial charge on any atom is 0.427 e. The van der Waals surface area contributed by atoms with E-state index in [0.717, 1.165) is 0 Å². The third kappa shape index (κ3) is 1.88. The summed E-state index contributed by atoms with van der Waals surface area (Å²) in [7, 11) is 0.258. The van der Waals surface area contributed by atoms with Gasteiger partial charge in [-0.05, 0) is 12.8 Å². The van der Waals surface area contributed by atoms with Crippen LogP contribution in [0.4, 0.5) is 26.3 Å². The molecule has 1 saturated heterocycles. The van der Waals surface area contributed by atoms with Crippen molar-refractivity contribution in [3.05, 3.63) is 0 Å². The first-order chi connectivity index (χ1) is 7.17. The van der Waals surface area contributed by atoms with Gasteiger partial charge in [-0.2, -0.15) is 26.3 Å². The molecular weight excluding hydrogens is 240 g/mol. The summed E-state index contributed by atoms with van der Waals surface area (Å²) in [6.07, 6.45) is -4.63. The van der Waals surface area contributed by atoms with Crippen LogP contribution in [0.1, 0.15) is 12.8 Å². The van der Waals surface area contributed by atoms with E-state index in [1.807, 2.05) is 0 Å². The van der Waals surface area contributed by atoms with E-state index in [-0.39, 0.29) is 37.9 Å². The molecule has 96 valence electrons. The molecule has 1 aliphatic heterocycles. The first-order valence-electron chi connectivity index (χ1n) is 4.60. The molecule has 1 heterocycles. The predicted molar refractivity (Wildman–Crippen MR) is 42.7 cm³/mol. The Morgan fingerprint density at radius 3 is 1.75 bits per heavy atom. The van der Waals surface area contributed by atoms with Crippen LogP contribution in [0, 0.1) is 0 Å². The molecule has 0 saturated carbocycles. The Morgan fingerprint density at radius 2 is 1.38 bits per heavy atom. The fourth-order valence-corrected chi connectivity index (χ4v) is 1.50. The van der Waals surface area contributed by atoms with Crippen LogP contribution in [0.25, 0.3) is 0 Å². The number of rotatable bonds is 4. The van der Waals surface area contributed by atoms with Gasteiger partial charge in [0.25, 0.3) is 0 Å². The second-order valence-electron chi connectivity index (χ2n) is 3.53. The van der Waals surface area contributed by atoms with Crippen molar-refractivity contribution < 1.29 is 31.1 Å². The summed E-state index contributed by atoms with van der Waals surface area (Å²) in [6.45, 7) is -0.662. The summed E-state index contributed by atoms with van der Waals surface area (Å²) in [5, 5.41) is 0. The summed E-state index contributed by atoms with van der Waals surface area (Å²) in [5.41, 5.74) is 0. The maximum absolute atomic E-state index is 13.2. The monoisotopic (exact) mass is 251 g/mol. The number of likely N-dealkylation sites (tertiary alicyclic amines) is 1. The Balaban J connectivity index is 2.95. The first kappa shape index (κ1) is 13.6. The van der Waals surface area contributed by atoms with Crippen molar-refractivity contribution in [1.29, 1.82) is 0 Å². The smallest absolute Gasteiger partial charge is 0.319 e. The quantitative estimate of drug-likeness (QED) is 0.562. The number of nitrogens with zero attached hydrogens (tertiary/aromatic N) is 1. The summed E-state index contributed by atoms with van der Waals surface area (Å²) in [5.74, 6) is -5.56. The molecule has 0 radical (unpaired) electrons. The van der Waals surface area contributed by atoms with Gasteiger partial charge in [0.1, 0.15) is 0 Å². The van der Waals surface area contributed by atoms with Crippen molar-refractivity contribution in [1.82, 2.24) is 4.90 Å². The van der Waals surface area contributed by atoms with E-state index in [0.29, 0.717) is 0 Å². The third-order valence-electron chi connectivity index (χ3n) is 2.50. The van der Waals surface area contributed by atoms with Crippen LogP contribution in [-0.4, -0.2) is 43.2 Å². The molecule has 0 amide bonds. The highest BCUT2D eigenvalue weighted by molar-refractivity contribution is 4.93. The van der Waals surface area contributed by atoms with E-state index >= 15 is 0 Å². The maximum atomic E-state index is 13.2. The Morgan fingerprint density at radius 1 is 0.938 bits per heavy atom. The number of hydrogen-bond acceptors (Lipinski definition) is 2. The minimum absolute atomic E-state index is 0.0555. The Bertz CT molecular complexity index is 251. The number of hydrogen-bond donors (Lipinski definition) is 0. The highest BCUT2D eigenvalue weighted by atomic mass is 19.4. The summed E-state index contributed by atoms with van der Waals surface area (Å²) in [4.78, 5) is 0.0555. The molecule has 0 aliphatic carbocycles. The average molecular weight is 251 g/mol. The van der Waals surface area contributed by atoms with Gasteiger partial charge in [-0.1, -0.05) is 0 Å². The van der Waals surface area contributed by atoms with E-state index in [1.165, 1.54) is 0 Å². The predicted octanol–water partition coefficient (Wildman–Crippen LogP) is 2.55. The topological polar surface area (TPSA) is 12.5 Å². The minimum atomic E-state index is -5.56. The molecule has 0 unspecified atom stereocenters. The SMILES string of the molecule is COC(F)(F)C(F)(F)C(F)(F)N1CCCC1. The van der Waals surface area contributed by atoms with E-state index < -0.39 is 18.1 Å². The van der Waals surface area contributed by atoms with Gasteiger partial charge in [-0.25, -0.2) is 4.90 Å². The van der Waals surface area contributed by atoms with Gasteiger partial charge in [0.05, 0.1) is 0 Å². The molecule has 8 heteroatoms. The lowest BCUT2D eigenvalue weighted by Crippen LogP contribution is -2.62. The number of ether oxygens (including phenoxy) is 1. The second kappa shape index (κ2) is 4.06. The molecular formula is C8H11F6NO. The van der Waals surface area contributed by atoms with Crippen molar-refractivity contribution in [3.63, 3.8) is 0 Å². The number of alkyl halides is 6. The van der Waals surface area contributed by atoms with Gasteiger partial charge in [0.15, 0.2) is 0 Å². The van der Waals surface area contributed by atoms with Crippen molar-refractivity contribution in [2.24, 2.45) is 0 Å². The van der Waals surface area contributed by atoms with Crippen molar-refractivity contribution >= 4 is 0 Å². The Kier molecular flexibility index (Phi) is 3.45. The Hall–Kier alpha value is -0.500. The van der Waals surface area contributed by atoms with Crippen molar-refractivity contribution in [2.45, 2.75) is 30.9 Å². The highest BCUT2D eigenvalue weighted by Crippen LogP contribution is 2.48. The van der Waals surface area contributed by atoms with Crippen LogP contribution in [0.15, 0.2) is 0 Å². The third-order valence-corrected chi connectivity index (χ3v) is 2.50. The molecule has 0 spiro atoms. The number of methoxy groups -OCH3 is 1. The molecule has 16 heavy (non-hydrogen) atoms. The van der Waals surface area contributed by atoms with Crippen LogP contribution in [0.5, 0.6) is 0 Å². The standard InChI is InChI=1S/C8H11F6NO/c1-16-8(13,14)6(9,10)7(11,12)15-4-2-3-5-15/h2-5H2,1H3. The van der Waals surface area contributed by atoms with E-state index in [2.05, 4.69) is 4.74 Å². The molecule has 0 atom stereocenters. The molecule has 1 aliphatic rings. The lowest BCUT2D eigenvalue weighted by atomic mass is 10.2. The molecule has 0 aromatic rings. The molecule has 0 aromatic carbocycles. The van der Waals surface area contributed by atoms with E-state index in [1.54, 1.807) is 0 Å². The Labute approximate surface area is 88.2 Å². The van der Waals surface area contributed by atoms with Crippen molar-refractivity contribution in [2.75, 3.05) is 20.2 Å². The molecule has 1 rings (SSSR count). The van der Waals surface area contributed by atoms with Gasteiger partial charge in [-0.3, -0.25) is 0 Å². The highest BCUT2D eigenvalue weighted by Gasteiger charge is 2.74. The molecule has 0 aromatic heterocycles. The lowest BCUT2D eigenvalue weighted by Gasteiger charge is -2.36. The van der Waals surface area contributed by atoms with Gasteiger partial charge in [-0.15, -0.1) is 0 Å². The molecule has 0 N–H and O–H groups in total. The summed E-state index contributed by atoms with van der Waals surface area (Å²) < 4.78 is 80.7. The molecule has 1 fully saturated rings. The lowest BCUT2D eigenvalue weighted by molar-refractivity contribution is -0.416. The van der Waals surface area contributed by atoms with Crippen molar-refractivity contribution in [3.8, 4) is 0 Å². The van der Waals surface area contributed by atoms with Crippen LogP contribution in [0.3, 0.4) is 0 Å². The van der Waals surface area contributed by atoms with Gasteiger partial charge < -0.3 is 4.74 Å². The summed E-state index contributed by atoms with van der Waals surface area (Å²) in [6, 6.07) is -4.91. The zero-order valence-electron chi connectivity index (χ0n) is 8.45. The number of halogens is 6. The zero-order valence-corrected chi connectivity index (χ0v) is 8.45. The van der Waals surface area contributed by atoms with Crippen LogP contribution in [-0.2, 0) is 4.74 Å². The van der Waals surface area contributed by atoms with E-state index in [9.17, 15) is 26.3 Å². The fourth-order valence-electron chi connectivity index (χ4n) is 1.50. The van der Waals surface area contributed by atoms with Gasteiger partial charge in [0, 0.05) is 20.2 Å². The normalized spacial score (nSPS) is 20.4.